The molecule has 0 bridgehead atoms. The molecule has 4 nitrogen and oxygen atoms in total. The summed E-state index contributed by atoms with van der Waals surface area (Å²) >= 11 is 0. The van der Waals surface area contributed by atoms with Gasteiger partial charge >= 0.3 is 0 Å². The van der Waals surface area contributed by atoms with Gasteiger partial charge in [0, 0.05) is 5.92 Å². The minimum Gasteiger partial charge on any atom is -0.504 e. The van der Waals surface area contributed by atoms with Crippen LogP contribution in [0.25, 0.3) is 0 Å². The Labute approximate surface area is 95.3 Å². The monoisotopic (exact) mass is 225 g/mol. The van der Waals surface area contributed by atoms with E-state index in [1.807, 2.05) is 13.8 Å². The highest BCUT2D eigenvalue weighted by molar-refractivity contribution is 5.42. The molecule has 0 unspecified atom stereocenters. The Balaban J connectivity index is 3.17. The predicted octanol–water partition coefficient (Wildman–Crippen LogP) is 1.29. The van der Waals surface area contributed by atoms with Crippen molar-refractivity contribution in [3.05, 3.63) is 23.8 Å². The Bertz CT molecular complexity index is 367. The van der Waals surface area contributed by atoms with Gasteiger partial charge in [-0.05, 0) is 30.7 Å². The predicted molar refractivity (Wildman–Crippen MR) is 62.2 cm³/mol. The van der Waals surface area contributed by atoms with Crippen LogP contribution < -0.4 is 5.73 Å². The maximum atomic E-state index is 10.5. The number of benzene rings is 1. The molecule has 2 atom stereocenters. The van der Waals surface area contributed by atoms with Crippen molar-refractivity contribution in [3.8, 4) is 11.5 Å². The van der Waals surface area contributed by atoms with E-state index < -0.39 is 5.60 Å². The first kappa shape index (κ1) is 12.8. The Morgan fingerprint density at radius 1 is 1.31 bits per heavy atom. The Morgan fingerprint density at radius 2 is 1.94 bits per heavy atom. The number of aliphatic hydroxyl groups is 1. The van der Waals surface area contributed by atoms with Crippen LogP contribution in [0.15, 0.2) is 18.2 Å². The SMILES string of the molecule is CC[C@@](O)(c1ccc(O)c(O)c1)[C@H](C)CN. The van der Waals surface area contributed by atoms with Crippen LogP contribution in [0.4, 0.5) is 0 Å². The number of hydrogen-bond donors (Lipinski definition) is 4. The zero-order valence-electron chi connectivity index (χ0n) is 9.64. The molecule has 0 saturated carbocycles. The minimum absolute atomic E-state index is 0.124. The summed E-state index contributed by atoms with van der Waals surface area (Å²) < 4.78 is 0. The van der Waals surface area contributed by atoms with E-state index in [1.54, 1.807) is 6.07 Å². The molecule has 0 heterocycles. The maximum Gasteiger partial charge on any atom is 0.157 e. The van der Waals surface area contributed by atoms with E-state index in [1.165, 1.54) is 12.1 Å². The first-order chi connectivity index (χ1) is 7.45. The van der Waals surface area contributed by atoms with E-state index in [2.05, 4.69) is 0 Å². The fraction of sp³-hybridized carbons (Fsp3) is 0.500. The largest absolute Gasteiger partial charge is 0.504 e. The number of phenolic OH excluding ortho intramolecular Hbond substituents is 2. The first-order valence-electron chi connectivity index (χ1n) is 5.40. The standard InChI is InChI=1S/C12H19NO3/c1-3-12(16,8(2)7-13)9-4-5-10(14)11(15)6-9/h4-6,8,14-16H,3,7,13H2,1-2H3/t8-,12+/m1/s1. The van der Waals surface area contributed by atoms with E-state index >= 15 is 0 Å². The van der Waals surface area contributed by atoms with Gasteiger partial charge in [-0.15, -0.1) is 0 Å². The molecule has 0 aliphatic rings. The van der Waals surface area contributed by atoms with E-state index in [9.17, 15) is 15.3 Å². The zero-order chi connectivity index (χ0) is 12.3. The van der Waals surface area contributed by atoms with Gasteiger partial charge in [-0.25, -0.2) is 0 Å². The third-order valence-corrected chi connectivity index (χ3v) is 3.18. The first-order valence-corrected chi connectivity index (χ1v) is 5.40. The van der Waals surface area contributed by atoms with E-state index in [0.29, 0.717) is 18.5 Å². The van der Waals surface area contributed by atoms with Crippen molar-refractivity contribution in [2.75, 3.05) is 6.54 Å². The molecular formula is C12H19NO3. The average Bonchev–Trinajstić information content (AvgIpc) is 2.30. The topological polar surface area (TPSA) is 86.7 Å². The van der Waals surface area contributed by atoms with Crippen LogP contribution in [-0.4, -0.2) is 21.9 Å². The molecule has 0 amide bonds. The number of nitrogens with two attached hydrogens (primary N) is 1. The highest BCUT2D eigenvalue weighted by atomic mass is 16.3. The van der Waals surface area contributed by atoms with Crippen LogP contribution in [0.1, 0.15) is 25.8 Å². The fourth-order valence-corrected chi connectivity index (χ4v) is 1.82. The smallest absolute Gasteiger partial charge is 0.157 e. The Morgan fingerprint density at radius 3 is 2.38 bits per heavy atom. The summed E-state index contributed by atoms with van der Waals surface area (Å²) in [6.07, 6.45) is 0.496. The third-order valence-electron chi connectivity index (χ3n) is 3.18. The van der Waals surface area contributed by atoms with Crippen LogP contribution in [-0.2, 0) is 5.60 Å². The quantitative estimate of drug-likeness (QED) is 0.581. The van der Waals surface area contributed by atoms with E-state index in [0.717, 1.165) is 0 Å². The summed E-state index contributed by atoms with van der Waals surface area (Å²) in [5.74, 6) is -0.544. The van der Waals surface area contributed by atoms with Crippen LogP contribution in [0.3, 0.4) is 0 Å². The van der Waals surface area contributed by atoms with Crippen LogP contribution >= 0.6 is 0 Å². The molecule has 16 heavy (non-hydrogen) atoms. The molecule has 0 radical (unpaired) electrons. The van der Waals surface area contributed by atoms with E-state index in [4.69, 9.17) is 5.73 Å². The second kappa shape index (κ2) is 4.72. The van der Waals surface area contributed by atoms with Gasteiger partial charge < -0.3 is 21.1 Å². The summed E-state index contributed by atoms with van der Waals surface area (Å²) in [5, 5.41) is 29.1. The van der Waals surface area contributed by atoms with E-state index in [-0.39, 0.29) is 17.4 Å². The van der Waals surface area contributed by atoms with Gasteiger partial charge in [0.1, 0.15) is 0 Å². The lowest BCUT2D eigenvalue weighted by atomic mass is 9.80. The van der Waals surface area contributed by atoms with Gasteiger partial charge in [0.2, 0.25) is 0 Å². The molecule has 0 spiro atoms. The number of aromatic hydroxyl groups is 2. The molecule has 90 valence electrons. The normalized spacial score (nSPS) is 16.8. The molecule has 0 saturated heterocycles. The Hall–Kier alpha value is -1.26. The van der Waals surface area contributed by atoms with Crippen LogP contribution in [0.2, 0.25) is 0 Å². The molecule has 1 aromatic carbocycles. The summed E-state index contributed by atoms with van der Waals surface area (Å²) in [5.41, 5.74) is 5.07. The summed E-state index contributed by atoms with van der Waals surface area (Å²) in [6, 6.07) is 4.35. The van der Waals surface area contributed by atoms with Crippen molar-refractivity contribution in [3.63, 3.8) is 0 Å². The van der Waals surface area contributed by atoms with Gasteiger partial charge in [0.15, 0.2) is 11.5 Å². The third kappa shape index (κ3) is 2.13. The molecule has 0 aliphatic carbocycles. The molecule has 1 aromatic rings. The Kier molecular flexibility index (Phi) is 3.78. The lowest BCUT2D eigenvalue weighted by Crippen LogP contribution is -2.37. The van der Waals surface area contributed by atoms with Gasteiger partial charge in [0.25, 0.3) is 0 Å². The van der Waals surface area contributed by atoms with Crippen molar-refractivity contribution in [1.29, 1.82) is 0 Å². The summed E-state index contributed by atoms with van der Waals surface area (Å²) in [4.78, 5) is 0. The second-order valence-electron chi connectivity index (χ2n) is 4.12. The lowest BCUT2D eigenvalue weighted by Gasteiger charge is -2.33. The van der Waals surface area contributed by atoms with Crippen LogP contribution in [0.5, 0.6) is 11.5 Å². The molecule has 5 N–H and O–H groups in total. The molecule has 0 fully saturated rings. The van der Waals surface area contributed by atoms with Gasteiger partial charge in [0.05, 0.1) is 5.60 Å². The number of rotatable bonds is 4. The molecular weight excluding hydrogens is 206 g/mol. The molecule has 4 heteroatoms. The molecule has 0 aliphatic heterocycles. The highest BCUT2D eigenvalue weighted by Gasteiger charge is 2.33. The van der Waals surface area contributed by atoms with Crippen LogP contribution in [0, 0.1) is 5.92 Å². The second-order valence-corrected chi connectivity index (χ2v) is 4.12. The van der Waals surface area contributed by atoms with Gasteiger partial charge in [-0.1, -0.05) is 19.9 Å². The summed E-state index contributed by atoms with van der Waals surface area (Å²) in [7, 11) is 0. The van der Waals surface area contributed by atoms with Crippen molar-refractivity contribution >= 4 is 0 Å². The van der Waals surface area contributed by atoms with Gasteiger partial charge in [-0.2, -0.15) is 0 Å². The molecule has 0 aromatic heterocycles. The summed E-state index contributed by atoms with van der Waals surface area (Å²) in [6.45, 7) is 4.06. The zero-order valence-corrected chi connectivity index (χ0v) is 9.64. The fourth-order valence-electron chi connectivity index (χ4n) is 1.82. The minimum atomic E-state index is -1.07. The van der Waals surface area contributed by atoms with Crippen molar-refractivity contribution in [2.24, 2.45) is 11.7 Å². The van der Waals surface area contributed by atoms with Gasteiger partial charge in [-0.3, -0.25) is 0 Å². The number of hydrogen-bond acceptors (Lipinski definition) is 4. The average molecular weight is 225 g/mol. The maximum absolute atomic E-state index is 10.5. The number of phenols is 2. The molecule has 1 rings (SSSR count). The van der Waals surface area contributed by atoms with Crippen molar-refractivity contribution in [1.82, 2.24) is 0 Å². The van der Waals surface area contributed by atoms with Crippen molar-refractivity contribution in [2.45, 2.75) is 25.9 Å². The van der Waals surface area contributed by atoms with Crippen molar-refractivity contribution < 1.29 is 15.3 Å². The highest BCUT2D eigenvalue weighted by Crippen LogP contribution is 2.36. The lowest BCUT2D eigenvalue weighted by molar-refractivity contribution is -0.0177.